The second-order valence-electron chi connectivity index (χ2n) is 6.97. The molecule has 1 heterocycles. The van der Waals surface area contributed by atoms with Crippen molar-refractivity contribution < 1.29 is 14.6 Å². The van der Waals surface area contributed by atoms with Gasteiger partial charge in [0, 0.05) is 44.8 Å². The molecule has 1 aliphatic heterocycles. The first-order chi connectivity index (χ1) is 13.5. The molecule has 1 aliphatic rings. The zero-order chi connectivity index (χ0) is 20.4. The summed E-state index contributed by atoms with van der Waals surface area (Å²) in [5.74, 6) is 1.72. The van der Waals surface area contributed by atoms with Gasteiger partial charge in [-0.05, 0) is 37.5 Å². The van der Waals surface area contributed by atoms with Gasteiger partial charge >= 0.3 is 0 Å². The van der Waals surface area contributed by atoms with Crippen molar-refractivity contribution in [2.24, 2.45) is 4.99 Å². The van der Waals surface area contributed by atoms with E-state index in [0.717, 1.165) is 44.5 Å². The average molecular weight is 519 g/mol. The molecule has 0 atom stereocenters. The zero-order valence-corrected chi connectivity index (χ0v) is 19.9. The van der Waals surface area contributed by atoms with Gasteiger partial charge in [0.15, 0.2) is 5.96 Å². The number of halogens is 1. The van der Waals surface area contributed by atoms with Gasteiger partial charge in [0.1, 0.15) is 11.5 Å². The minimum atomic E-state index is 0. The third-order valence-corrected chi connectivity index (χ3v) is 4.82. The van der Waals surface area contributed by atoms with Crippen LogP contribution in [0.2, 0.25) is 0 Å². The summed E-state index contributed by atoms with van der Waals surface area (Å²) in [5.41, 5.74) is 0.746. The lowest BCUT2D eigenvalue weighted by molar-refractivity contribution is -0.122. The minimum absolute atomic E-state index is 0. The van der Waals surface area contributed by atoms with Crippen molar-refractivity contribution >= 4 is 35.8 Å². The number of benzene rings is 1. The standard InChI is InChI=1S/C20H33N5O3.HI/c1-4-9-22-19(27)14-25-10-7-16(8-11-25)24-20(21-2)23-13-15-12-17(28-3)5-6-18(15)26;/h5-6,12,16,26H,4,7-11,13-14H2,1-3H3,(H,22,27)(H2,21,23,24);1H. The lowest BCUT2D eigenvalue weighted by Crippen LogP contribution is -2.50. The number of likely N-dealkylation sites (tertiary alicyclic amines) is 1. The Balaban J connectivity index is 0.00000420. The van der Waals surface area contributed by atoms with Crippen LogP contribution in [0.3, 0.4) is 0 Å². The highest BCUT2D eigenvalue weighted by molar-refractivity contribution is 14.0. The van der Waals surface area contributed by atoms with E-state index in [-0.39, 0.29) is 35.6 Å². The summed E-state index contributed by atoms with van der Waals surface area (Å²) in [4.78, 5) is 18.3. The van der Waals surface area contributed by atoms with Gasteiger partial charge in [0.25, 0.3) is 0 Å². The highest BCUT2D eigenvalue weighted by Gasteiger charge is 2.21. The number of nitrogens with one attached hydrogen (secondary N) is 3. The highest BCUT2D eigenvalue weighted by Crippen LogP contribution is 2.22. The Morgan fingerprint density at radius 1 is 1.31 bits per heavy atom. The number of amides is 1. The van der Waals surface area contributed by atoms with Gasteiger partial charge in [-0.1, -0.05) is 6.92 Å². The van der Waals surface area contributed by atoms with Crippen molar-refractivity contribution in [2.45, 2.75) is 38.8 Å². The predicted octanol–water partition coefficient (Wildman–Crippen LogP) is 1.67. The molecule has 8 nitrogen and oxygen atoms in total. The molecule has 9 heteroatoms. The van der Waals surface area contributed by atoms with Crippen LogP contribution in [0.15, 0.2) is 23.2 Å². The van der Waals surface area contributed by atoms with Crippen LogP contribution in [-0.4, -0.2) is 68.3 Å². The van der Waals surface area contributed by atoms with Gasteiger partial charge in [-0.2, -0.15) is 0 Å². The summed E-state index contributed by atoms with van der Waals surface area (Å²) < 4.78 is 5.21. The van der Waals surface area contributed by atoms with Crippen LogP contribution in [-0.2, 0) is 11.3 Å². The number of phenols is 1. The number of nitrogens with zero attached hydrogens (tertiary/aromatic N) is 2. The van der Waals surface area contributed by atoms with E-state index in [2.05, 4.69) is 25.8 Å². The number of phenolic OH excluding ortho intramolecular Hbond substituents is 1. The number of hydrogen-bond acceptors (Lipinski definition) is 5. The molecule has 0 aliphatic carbocycles. The molecule has 0 aromatic heterocycles. The summed E-state index contributed by atoms with van der Waals surface area (Å²) in [5, 5.41) is 19.6. The second-order valence-corrected chi connectivity index (χ2v) is 6.97. The molecule has 0 spiro atoms. The number of aromatic hydroxyl groups is 1. The van der Waals surface area contributed by atoms with Crippen LogP contribution in [0, 0.1) is 0 Å². The largest absolute Gasteiger partial charge is 0.508 e. The number of methoxy groups -OCH3 is 1. The molecule has 29 heavy (non-hydrogen) atoms. The van der Waals surface area contributed by atoms with Crippen molar-refractivity contribution in [3.63, 3.8) is 0 Å². The van der Waals surface area contributed by atoms with Crippen LogP contribution in [0.25, 0.3) is 0 Å². The number of carbonyl (C=O) groups excluding carboxylic acids is 1. The Kier molecular flexibility index (Phi) is 11.7. The number of ether oxygens (including phenoxy) is 1. The predicted molar refractivity (Wildman–Crippen MR) is 126 cm³/mol. The number of rotatable bonds is 8. The fourth-order valence-corrected chi connectivity index (χ4v) is 3.16. The first kappa shape index (κ1) is 25.3. The van der Waals surface area contributed by atoms with E-state index in [1.807, 2.05) is 6.92 Å². The van der Waals surface area contributed by atoms with Crippen molar-refractivity contribution in [3.8, 4) is 11.5 Å². The summed E-state index contributed by atoms with van der Waals surface area (Å²) >= 11 is 0. The van der Waals surface area contributed by atoms with Crippen molar-refractivity contribution in [2.75, 3.05) is 40.3 Å². The maximum absolute atomic E-state index is 11.8. The quantitative estimate of drug-likeness (QED) is 0.237. The van der Waals surface area contributed by atoms with Gasteiger partial charge in [-0.3, -0.25) is 14.7 Å². The Morgan fingerprint density at radius 2 is 2.03 bits per heavy atom. The number of aliphatic imine (C=N–C) groups is 1. The van der Waals surface area contributed by atoms with Crippen LogP contribution in [0.1, 0.15) is 31.7 Å². The van der Waals surface area contributed by atoms with Gasteiger partial charge in [0.2, 0.25) is 5.91 Å². The SMILES string of the molecule is CCCNC(=O)CN1CCC(NC(=NC)NCc2cc(OC)ccc2O)CC1.I. The Hall–Kier alpha value is -1.75. The molecule has 1 fully saturated rings. The van der Waals surface area contributed by atoms with Gasteiger partial charge in [-0.25, -0.2) is 0 Å². The molecule has 0 bridgehead atoms. The first-order valence-electron chi connectivity index (χ1n) is 9.87. The van der Waals surface area contributed by atoms with E-state index >= 15 is 0 Å². The molecule has 1 amide bonds. The smallest absolute Gasteiger partial charge is 0.234 e. The highest BCUT2D eigenvalue weighted by atomic mass is 127. The molecule has 164 valence electrons. The number of piperidine rings is 1. The second kappa shape index (κ2) is 13.5. The maximum Gasteiger partial charge on any atom is 0.234 e. The fraction of sp³-hybridized carbons (Fsp3) is 0.600. The van der Waals surface area contributed by atoms with Crippen molar-refractivity contribution in [3.05, 3.63) is 23.8 Å². The van der Waals surface area contributed by atoms with Gasteiger partial charge in [-0.15, -0.1) is 24.0 Å². The fourth-order valence-electron chi connectivity index (χ4n) is 3.16. The van der Waals surface area contributed by atoms with Crippen LogP contribution in [0.5, 0.6) is 11.5 Å². The molecule has 1 saturated heterocycles. The Labute approximate surface area is 190 Å². The molecule has 0 unspecified atom stereocenters. The Morgan fingerprint density at radius 3 is 2.66 bits per heavy atom. The number of hydrogen-bond donors (Lipinski definition) is 4. The zero-order valence-electron chi connectivity index (χ0n) is 17.5. The van der Waals surface area contributed by atoms with E-state index in [4.69, 9.17) is 4.74 Å². The molecule has 1 aromatic rings. The Bertz CT molecular complexity index is 664. The van der Waals surface area contributed by atoms with Crippen LogP contribution >= 0.6 is 24.0 Å². The van der Waals surface area contributed by atoms with Crippen molar-refractivity contribution in [1.29, 1.82) is 0 Å². The van der Waals surface area contributed by atoms with E-state index < -0.39 is 0 Å². The average Bonchev–Trinajstić information content (AvgIpc) is 2.71. The molecular formula is C20H34IN5O3. The maximum atomic E-state index is 11.8. The third-order valence-electron chi connectivity index (χ3n) is 4.82. The molecule has 0 saturated carbocycles. The summed E-state index contributed by atoms with van der Waals surface area (Å²) in [6, 6.07) is 5.46. The molecule has 0 radical (unpaired) electrons. The van der Waals surface area contributed by atoms with Crippen molar-refractivity contribution in [1.82, 2.24) is 20.9 Å². The molecule has 2 rings (SSSR count). The third kappa shape index (κ3) is 8.65. The first-order valence-corrected chi connectivity index (χ1v) is 9.87. The van der Waals surface area contributed by atoms with E-state index in [1.54, 1.807) is 32.4 Å². The lowest BCUT2D eigenvalue weighted by Gasteiger charge is -2.32. The van der Waals surface area contributed by atoms with Crippen LogP contribution in [0.4, 0.5) is 0 Å². The van der Waals surface area contributed by atoms with Gasteiger partial charge < -0.3 is 25.8 Å². The molecular weight excluding hydrogens is 485 g/mol. The lowest BCUT2D eigenvalue weighted by atomic mass is 10.1. The van der Waals surface area contributed by atoms with E-state index in [1.165, 1.54) is 0 Å². The molecule has 4 N–H and O–H groups in total. The van der Waals surface area contributed by atoms with Gasteiger partial charge in [0.05, 0.1) is 13.7 Å². The number of guanidine groups is 1. The topological polar surface area (TPSA) is 98.2 Å². The van der Waals surface area contributed by atoms with Crippen LogP contribution < -0.4 is 20.7 Å². The molecule has 1 aromatic carbocycles. The normalized spacial score (nSPS) is 15.3. The minimum Gasteiger partial charge on any atom is -0.508 e. The summed E-state index contributed by atoms with van der Waals surface area (Å²) in [6.07, 6.45) is 2.86. The van der Waals surface area contributed by atoms with E-state index in [0.29, 0.717) is 30.8 Å². The summed E-state index contributed by atoms with van der Waals surface area (Å²) in [6.45, 7) is 5.46. The summed E-state index contributed by atoms with van der Waals surface area (Å²) in [7, 11) is 3.33. The van der Waals surface area contributed by atoms with E-state index in [9.17, 15) is 9.90 Å². The monoisotopic (exact) mass is 519 g/mol. The number of carbonyl (C=O) groups is 1.